The van der Waals surface area contributed by atoms with Crippen LogP contribution >= 0.6 is 0 Å². The lowest BCUT2D eigenvalue weighted by molar-refractivity contribution is -0.120. The van der Waals surface area contributed by atoms with Gasteiger partial charge in [-0.1, -0.05) is 18.2 Å². The molecule has 5 nitrogen and oxygen atoms in total. The van der Waals surface area contributed by atoms with Crippen molar-refractivity contribution in [3.63, 3.8) is 0 Å². The van der Waals surface area contributed by atoms with Crippen LogP contribution in [0.5, 0.6) is 11.5 Å². The molecule has 1 N–H and O–H groups in total. The highest BCUT2D eigenvalue weighted by Crippen LogP contribution is 2.22. The Kier molecular flexibility index (Phi) is 5.95. The number of carbonyl (C=O) groups excluding carboxylic acids is 1. The molecule has 0 aliphatic rings. The van der Waals surface area contributed by atoms with E-state index < -0.39 is 0 Å². The molecule has 2 aromatic rings. The first-order valence-electron chi connectivity index (χ1n) is 7.63. The predicted molar refractivity (Wildman–Crippen MR) is 94.9 cm³/mol. The van der Waals surface area contributed by atoms with Gasteiger partial charge < -0.3 is 9.47 Å². The van der Waals surface area contributed by atoms with Crippen LogP contribution in [0.2, 0.25) is 0 Å². The Morgan fingerprint density at radius 3 is 2.54 bits per heavy atom. The van der Waals surface area contributed by atoms with Gasteiger partial charge in [0.05, 0.1) is 26.9 Å². The van der Waals surface area contributed by atoms with Gasteiger partial charge in [-0.15, -0.1) is 0 Å². The molecule has 126 valence electrons. The Balaban J connectivity index is 1.98. The van der Waals surface area contributed by atoms with Gasteiger partial charge in [0.25, 0.3) is 0 Å². The van der Waals surface area contributed by atoms with Crippen LogP contribution in [0.25, 0.3) is 0 Å². The predicted octanol–water partition coefficient (Wildman–Crippen LogP) is 3.01. The molecule has 0 bridgehead atoms. The number of hydrogen-bond acceptors (Lipinski definition) is 4. The molecule has 0 saturated heterocycles. The summed E-state index contributed by atoms with van der Waals surface area (Å²) in [6.45, 7) is 4.08. The number of hydrazone groups is 1. The van der Waals surface area contributed by atoms with Gasteiger partial charge in [0.1, 0.15) is 11.5 Å². The van der Waals surface area contributed by atoms with Crippen LogP contribution in [-0.2, 0) is 11.2 Å². The van der Waals surface area contributed by atoms with Crippen LogP contribution in [0.1, 0.15) is 22.3 Å². The van der Waals surface area contributed by atoms with Crippen LogP contribution < -0.4 is 14.9 Å². The Morgan fingerprint density at radius 1 is 1.08 bits per heavy atom. The van der Waals surface area contributed by atoms with Crippen LogP contribution in [0, 0.1) is 13.8 Å². The largest absolute Gasteiger partial charge is 0.497 e. The SMILES string of the molecule is COc1ccc(/C=N\NC(=O)Cc2ccc(C)c(C)c2)c(OC)c1. The molecule has 0 radical (unpaired) electrons. The summed E-state index contributed by atoms with van der Waals surface area (Å²) in [7, 11) is 3.17. The molecule has 0 unspecified atom stereocenters. The van der Waals surface area contributed by atoms with Crippen molar-refractivity contribution in [2.45, 2.75) is 20.3 Å². The maximum Gasteiger partial charge on any atom is 0.244 e. The van der Waals surface area contributed by atoms with E-state index >= 15 is 0 Å². The summed E-state index contributed by atoms with van der Waals surface area (Å²) in [4.78, 5) is 12.0. The zero-order chi connectivity index (χ0) is 17.5. The van der Waals surface area contributed by atoms with E-state index in [0.29, 0.717) is 11.5 Å². The molecule has 2 aromatic carbocycles. The maximum atomic E-state index is 12.0. The molecular weight excluding hydrogens is 304 g/mol. The number of rotatable bonds is 6. The lowest BCUT2D eigenvalue weighted by Gasteiger charge is -2.07. The number of aryl methyl sites for hydroxylation is 2. The van der Waals surface area contributed by atoms with E-state index in [1.807, 2.05) is 38.1 Å². The van der Waals surface area contributed by atoms with Gasteiger partial charge in [-0.2, -0.15) is 5.10 Å². The van der Waals surface area contributed by atoms with Crippen LogP contribution in [0.3, 0.4) is 0 Å². The zero-order valence-electron chi connectivity index (χ0n) is 14.4. The van der Waals surface area contributed by atoms with Gasteiger partial charge in [-0.25, -0.2) is 5.43 Å². The summed E-state index contributed by atoms with van der Waals surface area (Å²) in [6.07, 6.45) is 1.84. The molecule has 0 heterocycles. The van der Waals surface area contributed by atoms with E-state index in [9.17, 15) is 4.79 Å². The normalized spacial score (nSPS) is 10.7. The molecule has 2 rings (SSSR count). The minimum atomic E-state index is -0.165. The molecule has 24 heavy (non-hydrogen) atoms. The number of amides is 1. The Labute approximate surface area is 142 Å². The van der Waals surface area contributed by atoms with E-state index in [4.69, 9.17) is 9.47 Å². The van der Waals surface area contributed by atoms with Crippen LogP contribution in [0.15, 0.2) is 41.5 Å². The van der Waals surface area contributed by atoms with E-state index in [1.54, 1.807) is 32.6 Å². The van der Waals surface area contributed by atoms with Gasteiger partial charge in [0, 0.05) is 11.6 Å². The molecule has 0 saturated carbocycles. The fraction of sp³-hybridized carbons (Fsp3) is 0.263. The van der Waals surface area contributed by atoms with E-state index in [0.717, 1.165) is 11.1 Å². The summed E-state index contributed by atoms with van der Waals surface area (Å²) in [5, 5.41) is 4.00. The molecule has 0 atom stereocenters. The molecule has 0 aromatic heterocycles. The standard InChI is InChI=1S/C19H22N2O3/c1-13-5-6-15(9-14(13)2)10-19(22)21-20-12-16-7-8-17(23-3)11-18(16)24-4/h5-9,11-12H,10H2,1-4H3,(H,21,22)/b20-12-. The summed E-state index contributed by atoms with van der Waals surface area (Å²) >= 11 is 0. The van der Waals surface area contributed by atoms with Crippen molar-refractivity contribution in [1.82, 2.24) is 5.43 Å². The topological polar surface area (TPSA) is 59.9 Å². The Morgan fingerprint density at radius 2 is 1.88 bits per heavy atom. The first-order valence-corrected chi connectivity index (χ1v) is 7.63. The number of methoxy groups -OCH3 is 2. The number of hydrogen-bond donors (Lipinski definition) is 1. The quantitative estimate of drug-likeness (QED) is 0.656. The summed E-state index contributed by atoms with van der Waals surface area (Å²) in [5.41, 5.74) is 6.64. The molecular formula is C19H22N2O3. The number of benzene rings is 2. The van der Waals surface area contributed by atoms with Crippen molar-refractivity contribution in [2.24, 2.45) is 5.10 Å². The Bertz CT molecular complexity index is 754. The van der Waals surface area contributed by atoms with E-state index in [1.165, 1.54) is 11.1 Å². The summed E-state index contributed by atoms with van der Waals surface area (Å²) < 4.78 is 10.4. The number of carbonyl (C=O) groups is 1. The Hall–Kier alpha value is -2.82. The average Bonchev–Trinajstić information content (AvgIpc) is 2.58. The lowest BCUT2D eigenvalue weighted by Crippen LogP contribution is -2.19. The van der Waals surface area contributed by atoms with Gasteiger partial charge >= 0.3 is 0 Å². The van der Waals surface area contributed by atoms with Gasteiger partial charge in [0.15, 0.2) is 0 Å². The van der Waals surface area contributed by atoms with Gasteiger partial charge in [-0.05, 0) is 42.7 Å². The van der Waals surface area contributed by atoms with Crippen LogP contribution in [0.4, 0.5) is 0 Å². The second-order valence-corrected chi connectivity index (χ2v) is 5.50. The fourth-order valence-electron chi connectivity index (χ4n) is 2.24. The summed E-state index contributed by atoms with van der Waals surface area (Å²) in [5.74, 6) is 1.16. The molecule has 0 fully saturated rings. The van der Waals surface area contributed by atoms with Crippen molar-refractivity contribution in [1.29, 1.82) is 0 Å². The third kappa shape index (κ3) is 4.59. The molecule has 0 aliphatic heterocycles. The van der Waals surface area contributed by atoms with Gasteiger partial charge in [-0.3, -0.25) is 4.79 Å². The lowest BCUT2D eigenvalue weighted by atomic mass is 10.0. The third-order valence-corrected chi connectivity index (χ3v) is 3.77. The van der Waals surface area contributed by atoms with Crippen molar-refractivity contribution in [2.75, 3.05) is 14.2 Å². The minimum absolute atomic E-state index is 0.165. The highest BCUT2D eigenvalue weighted by Gasteiger charge is 2.05. The van der Waals surface area contributed by atoms with Crippen LogP contribution in [-0.4, -0.2) is 26.3 Å². The first kappa shape index (κ1) is 17.5. The van der Waals surface area contributed by atoms with Crippen molar-refractivity contribution < 1.29 is 14.3 Å². The molecule has 0 aliphatic carbocycles. The van der Waals surface area contributed by atoms with Crippen molar-refractivity contribution >= 4 is 12.1 Å². The van der Waals surface area contributed by atoms with E-state index in [-0.39, 0.29) is 12.3 Å². The smallest absolute Gasteiger partial charge is 0.244 e. The fourth-order valence-corrected chi connectivity index (χ4v) is 2.24. The average molecular weight is 326 g/mol. The minimum Gasteiger partial charge on any atom is -0.497 e. The van der Waals surface area contributed by atoms with E-state index in [2.05, 4.69) is 10.5 Å². The van der Waals surface area contributed by atoms with Gasteiger partial charge in [0.2, 0.25) is 5.91 Å². The molecule has 5 heteroatoms. The number of nitrogens with zero attached hydrogens (tertiary/aromatic N) is 1. The monoisotopic (exact) mass is 326 g/mol. The van der Waals surface area contributed by atoms with Crippen molar-refractivity contribution in [3.8, 4) is 11.5 Å². The zero-order valence-corrected chi connectivity index (χ0v) is 14.4. The second kappa shape index (κ2) is 8.15. The molecule has 0 spiro atoms. The first-order chi connectivity index (χ1) is 11.5. The second-order valence-electron chi connectivity index (χ2n) is 5.50. The number of nitrogens with one attached hydrogen (secondary N) is 1. The van der Waals surface area contributed by atoms with Crippen molar-refractivity contribution in [3.05, 3.63) is 58.7 Å². The highest BCUT2D eigenvalue weighted by atomic mass is 16.5. The third-order valence-electron chi connectivity index (χ3n) is 3.77. The highest BCUT2D eigenvalue weighted by molar-refractivity contribution is 5.86. The molecule has 1 amide bonds. The number of ether oxygens (including phenoxy) is 2. The summed E-state index contributed by atoms with van der Waals surface area (Å²) in [6, 6.07) is 11.4. The maximum absolute atomic E-state index is 12.0.